The van der Waals surface area contributed by atoms with Crippen molar-refractivity contribution in [2.45, 2.75) is 84.7 Å². The van der Waals surface area contributed by atoms with Gasteiger partial charge in [0.2, 0.25) is 0 Å². The maximum absolute atomic E-state index is 13.4. The summed E-state index contributed by atoms with van der Waals surface area (Å²) in [4.78, 5) is 28.6. The Labute approximate surface area is 197 Å². The van der Waals surface area contributed by atoms with Crippen LogP contribution in [0.4, 0.5) is 0 Å². The third-order valence-corrected chi connectivity index (χ3v) is 7.04. The molecule has 4 rings (SSSR count). The molecule has 0 saturated carbocycles. The summed E-state index contributed by atoms with van der Waals surface area (Å²) >= 11 is 0. The van der Waals surface area contributed by atoms with Crippen molar-refractivity contribution in [2.75, 3.05) is 13.7 Å². The van der Waals surface area contributed by atoms with Gasteiger partial charge in [0.05, 0.1) is 30.1 Å². The molecule has 0 spiro atoms. The molecule has 0 bridgehead atoms. The number of benzene rings is 1. The fourth-order valence-electron chi connectivity index (χ4n) is 5.34. The third kappa shape index (κ3) is 4.85. The van der Waals surface area contributed by atoms with E-state index in [1.165, 1.54) is 19.3 Å². The molecule has 33 heavy (non-hydrogen) atoms. The van der Waals surface area contributed by atoms with E-state index in [4.69, 9.17) is 9.84 Å². The first-order chi connectivity index (χ1) is 15.8. The molecule has 0 N–H and O–H groups in total. The van der Waals surface area contributed by atoms with E-state index < -0.39 is 0 Å². The highest BCUT2D eigenvalue weighted by Gasteiger charge is 2.41. The second kappa shape index (κ2) is 9.70. The molecule has 0 radical (unpaired) electrons. The molecular weight excluding hydrogens is 414 g/mol. The molecule has 1 aromatic heterocycles. The van der Waals surface area contributed by atoms with Gasteiger partial charge in [-0.15, -0.1) is 0 Å². The van der Waals surface area contributed by atoms with Gasteiger partial charge in [-0.25, -0.2) is 0 Å². The smallest absolute Gasteiger partial charge is 0.254 e. The second-order valence-corrected chi connectivity index (χ2v) is 10.3. The van der Waals surface area contributed by atoms with E-state index in [-0.39, 0.29) is 23.1 Å². The number of aromatic nitrogens is 2. The van der Waals surface area contributed by atoms with Gasteiger partial charge in [-0.2, -0.15) is 5.10 Å². The topological polar surface area (TPSA) is 64.4 Å². The number of aryl methyl sites for hydroxylation is 1. The summed E-state index contributed by atoms with van der Waals surface area (Å²) in [6.45, 7) is 8.07. The van der Waals surface area contributed by atoms with Gasteiger partial charge in [0, 0.05) is 25.1 Å². The van der Waals surface area contributed by atoms with E-state index in [1.54, 1.807) is 7.11 Å². The van der Waals surface area contributed by atoms with Crippen LogP contribution < -0.4 is 4.74 Å². The van der Waals surface area contributed by atoms with E-state index >= 15 is 0 Å². The molecule has 1 aliphatic carbocycles. The fourth-order valence-corrected chi connectivity index (χ4v) is 5.34. The maximum atomic E-state index is 13.4. The number of carbonyl (C=O) groups excluding carboxylic acids is 2. The lowest BCUT2D eigenvalue weighted by Crippen LogP contribution is -2.32. The quantitative estimate of drug-likeness (QED) is 0.490. The summed E-state index contributed by atoms with van der Waals surface area (Å²) in [5, 5.41) is 5.02. The molecule has 0 unspecified atom stereocenters. The van der Waals surface area contributed by atoms with Gasteiger partial charge in [0.25, 0.3) is 5.91 Å². The summed E-state index contributed by atoms with van der Waals surface area (Å²) in [6, 6.07) is 7.11. The largest absolute Gasteiger partial charge is 0.497 e. The monoisotopic (exact) mass is 451 g/mol. The van der Waals surface area contributed by atoms with Crippen molar-refractivity contribution < 1.29 is 14.3 Å². The first-order valence-electron chi connectivity index (χ1n) is 12.4. The van der Waals surface area contributed by atoms with Crippen LogP contribution in [-0.4, -0.2) is 40.0 Å². The Morgan fingerprint density at radius 2 is 1.91 bits per heavy atom. The summed E-state index contributed by atoms with van der Waals surface area (Å²) in [7, 11) is 1.62. The van der Waals surface area contributed by atoms with Crippen LogP contribution in [0.3, 0.4) is 0 Å². The number of Topliss-reactive ketones (excluding diaryl/α,β-unsaturated/α-hetero) is 1. The summed E-state index contributed by atoms with van der Waals surface area (Å²) < 4.78 is 7.32. The van der Waals surface area contributed by atoms with Crippen molar-refractivity contribution in [1.82, 2.24) is 14.7 Å². The Kier molecular flexibility index (Phi) is 6.91. The Morgan fingerprint density at radius 3 is 2.61 bits per heavy atom. The number of hydrogen-bond acceptors (Lipinski definition) is 4. The van der Waals surface area contributed by atoms with Crippen LogP contribution in [0.15, 0.2) is 24.3 Å². The zero-order valence-corrected chi connectivity index (χ0v) is 20.5. The van der Waals surface area contributed by atoms with Crippen LogP contribution >= 0.6 is 0 Å². The molecule has 6 heteroatoms. The molecule has 178 valence electrons. The number of methoxy groups -OCH3 is 1. The number of nitrogens with zero attached hydrogens (tertiary/aromatic N) is 3. The predicted octanol–water partition coefficient (Wildman–Crippen LogP) is 5.60. The highest BCUT2D eigenvalue weighted by Crippen LogP contribution is 2.41. The summed E-state index contributed by atoms with van der Waals surface area (Å²) in [5.74, 6) is 0.906. The maximum Gasteiger partial charge on any atom is 0.254 e. The molecule has 6 nitrogen and oxygen atoms in total. The number of ketones is 1. The van der Waals surface area contributed by atoms with E-state index in [9.17, 15) is 9.59 Å². The average Bonchev–Trinajstić information content (AvgIpc) is 3.40. The number of amides is 1. The minimum atomic E-state index is -0.143. The van der Waals surface area contributed by atoms with Crippen molar-refractivity contribution in [1.29, 1.82) is 0 Å². The van der Waals surface area contributed by atoms with Crippen molar-refractivity contribution in [3.8, 4) is 5.75 Å². The highest BCUT2D eigenvalue weighted by molar-refractivity contribution is 6.00. The Balaban J connectivity index is 1.66. The Bertz CT molecular complexity index is 1010. The lowest BCUT2D eigenvalue weighted by atomic mass is 9.75. The van der Waals surface area contributed by atoms with Crippen LogP contribution in [-0.2, 0) is 13.0 Å². The molecule has 1 saturated heterocycles. The second-order valence-electron chi connectivity index (χ2n) is 10.3. The van der Waals surface area contributed by atoms with Crippen molar-refractivity contribution in [3.63, 3.8) is 0 Å². The van der Waals surface area contributed by atoms with E-state index in [0.717, 1.165) is 54.9 Å². The zero-order valence-electron chi connectivity index (χ0n) is 20.5. The lowest BCUT2D eigenvalue weighted by Gasteiger charge is -2.30. The first-order valence-corrected chi connectivity index (χ1v) is 12.4. The Morgan fingerprint density at radius 1 is 1.15 bits per heavy atom. The minimum absolute atomic E-state index is 0.00464. The van der Waals surface area contributed by atoms with Gasteiger partial charge in [-0.05, 0) is 55.4 Å². The summed E-state index contributed by atoms with van der Waals surface area (Å²) in [6.07, 6.45) is 7.80. The molecule has 1 fully saturated rings. The molecule has 1 amide bonds. The van der Waals surface area contributed by atoms with Crippen LogP contribution in [0, 0.1) is 5.41 Å². The summed E-state index contributed by atoms with van der Waals surface area (Å²) in [5.41, 5.74) is 3.27. The fraction of sp³-hybridized carbons (Fsp3) is 0.593. The number of unbranched alkanes of at least 4 members (excludes halogenated alkanes) is 3. The molecule has 2 aliphatic rings. The molecule has 2 heterocycles. The van der Waals surface area contributed by atoms with Crippen LogP contribution in [0.25, 0.3) is 0 Å². The normalized spacial score (nSPS) is 19.6. The number of hydrogen-bond donors (Lipinski definition) is 0. The van der Waals surface area contributed by atoms with Crippen LogP contribution in [0.1, 0.15) is 104 Å². The number of ether oxygens (including phenoxy) is 1. The van der Waals surface area contributed by atoms with Crippen molar-refractivity contribution in [2.24, 2.45) is 5.41 Å². The van der Waals surface area contributed by atoms with Crippen LogP contribution in [0.5, 0.6) is 5.75 Å². The standard InChI is InChI=1S/C27H37N3O3/c1-5-6-7-8-16-30-22-17-27(2,3)18-23(31)24(22)25(28-30)21-10-9-15-29(21)26(32)19-11-13-20(33-4)14-12-19/h11-14,21H,5-10,15-18H2,1-4H3/t21-/m1/s1. The van der Waals surface area contributed by atoms with E-state index in [2.05, 4.69) is 25.5 Å². The minimum Gasteiger partial charge on any atom is -0.497 e. The Hall–Kier alpha value is -2.63. The third-order valence-electron chi connectivity index (χ3n) is 7.04. The van der Waals surface area contributed by atoms with Gasteiger partial charge in [0.1, 0.15) is 5.75 Å². The SMILES string of the molecule is CCCCCCn1nc([C@H]2CCCN2C(=O)c2ccc(OC)cc2)c2c1CC(C)(C)CC2=O. The number of rotatable bonds is 8. The molecular formula is C27H37N3O3. The molecule has 1 atom stereocenters. The predicted molar refractivity (Wildman–Crippen MR) is 129 cm³/mol. The van der Waals surface area contributed by atoms with Gasteiger partial charge in [-0.3, -0.25) is 14.3 Å². The van der Waals surface area contributed by atoms with Gasteiger partial charge >= 0.3 is 0 Å². The van der Waals surface area contributed by atoms with E-state index in [0.29, 0.717) is 18.5 Å². The van der Waals surface area contributed by atoms with Gasteiger partial charge in [-0.1, -0.05) is 40.0 Å². The zero-order chi connectivity index (χ0) is 23.6. The average molecular weight is 452 g/mol. The molecule has 2 aromatic rings. The van der Waals surface area contributed by atoms with Gasteiger partial charge in [0.15, 0.2) is 5.78 Å². The first kappa shape index (κ1) is 23.5. The van der Waals surface area contributed by atoms with E-state index in [1.807, 2.05) is 29.2 Å². The van der Waals surface area contributed by atoms with Crippen molar-refractivity contribution >= 4 is 11.7 Å². The number of fused-ring (bicyclic) bond motifs is 1. The van der Waals surface area contributed by atoms with Crippen molar-refractivity contribution in [3.05, 3.63) is 46.8 Å². The van der Waals surface area contributed by atoms with Crippen LogP contribution in [0.2, 0.25) is 0 Å². The molecule has 1 aliphatic heterocycles. The lowest BCUT2D eigenvalue weighted by molar-refractivity contribution is 0.0728. The van der Waals surface area contributed by atoms with Gasteiger partial charge < -0.3 is 9.64 Å². The number of likely N-dealkylation sites (tertiary alicyclic amines) is 1. The molecule has 1 aromatic carbocycles. The number of carbonyl (C=O) groups is 2. The highest BCUT2D eigenvalue weighted by atomic mass is 16.5.